The van der Waals surface area contributed by atoms with E-state index in [0.29, 0.717) is 29.9 Å². The Morgan fingerprint density at radius 1 is 1.23 bits per heavy atom. The summed E-state index contributed by atoms with van der Waals surface area (Å²) < 4.78 is 38.8. The average molecular weight is 397 g/mol. The van der Waals surface area contributed by atoms with Crippen molar-refractivity contribution in [2.24, 2.45) is 0 Å². The van der Waals surface area contributed by atoms with Crippen molar-refractivity contribution in [3.05, 3.63) is 58.9 Å². The second-order valence-corrected chi connectivity index (χ2v) is 8.47. The van der Waals surface area contributed by atoms with E-state index in [4.69, 9.17) is 11.6 Å². The van der Waals surface area contributed by atoms with Crippen molar-refractivity contribution in [1.82, 2.24) is 0 Å². The van der Waals surface area contributed by atoms with Crippen molar-refractivity contribution >= 4 is 38.9 Å². The second-order valence-electron chi connectivity index (χ2n) is 6.05. The first-order valence-electron chi connectivity index (χ1n) is 8.20. The Hall–Kier alpha value is -2.12. The van der Waals surface area contributed by atoms with E-state index in [-0.39, 0.29) is 35.3 Å². The van der Waals surface area contributed by atoms with Crippen molar-refractivity contribution in [3.63, 3.8) is 0 Å². The van der Waals surface area contributed by atoms with Gasteiger partial charge in [-0.15, -0.1) is 0 Å². The van der Waals surface area contributed by atoms with Gasteiger partial charge in [0.15, 0.2) is 0 Å². The molecule has 0 unspecified atom stereocenters. The summed E-state index contributed by atoms with van der Waals surface area (Å²) in [6, 6.07) is 11.0. The molecule has 0 atom stereocenters. The van der Waals surface area contributed by atoms with E-state index in [2.05, 4.69) is 5.32 Å². The summed E-state index contributed by atoms with van der Waals surface area (Å²) in [5, 5.41) is 2.95. The zero-order valence-corrected chi connectivity index (χ0v) is 15.5. The molecule has 2 aromatic rings. The van der Waals surface area contributed by atoms with Gasteiger partial charge in [0.25, 0.3) is 0 Å². The molecule has 2 aromatic carbocycles. The molecule has 1 N–H and O–H groups in total. The summed E-state index contributed by atoms with van der Waals surface area (Å²) >= 11 is 6.21. The zero-order valence-electron chi connectivity index (χ0n) is 13.9. The van der Waals surface area contributed by atoms with Crippen molar-refractivity contribution in [2.45, 2.75) is 19.3 Å². The number of nitrogens with zero attached hydrogens (tertiary/aromatic N) is 1. The van der Waals surface area contributed by atoms with E-state index in [0.717, 1.165) is 0 Å². The molecular formula is C18H18ClFN2O3S. The van der Waals surface area contributed by atoms with Crippen LogP contribution in [0.5, 0.6) is 0 Å². The smallest absolute Gasteiger partial charge is 0.235 e. The highest BCUT2D eigenvalue weighted by molar-refractivity contribution is 7.93. The number of hydrogen-bond donors (Lipinski definition) is 1. The van der Waals surface area contributed by atoms with Gasteiger partial charge in [0.2, 0.25) is 15.9 Å². The van der Waals surface area contributed by atoms with Crippen LogP contribution in [0, 0.1) is 5.82 Å². The summed E-state index contributed by atoms with van der Waals surface area (Å²) in [7, 11) is -3.32. The van der Waals surface area contributed by atoms with Crippen LogP contribution in [0.4, 0.5) is 15.8 Å². The molecule has 26 heavy (non-hydrogen) atoms. The molecule has 0 saturated carbocycles. The molecule has 0 aromatic heterocycles. The molecular weight excluding hydrogens is 379 g/mol. The first kappa shape index (κ1) is 18.7. The minimum atomic E-state index is -3.32. The van der Waals surface area contributed by atoms with Crippen LogP contribution in [0.3, 0.4) is 0 Å². The monoisotopic (exact) mass is 396 g/mol. The first-order valence-corrected chi connectivity index (χ1v) is 10.2. The Labute approximate surface area is 156 Å². The number of nitrogens with one attached hydrogen (secondary N) is 1. The van der Waals surface area contributed by atoms with Gasteiger partial charge < -0.3 is 5.32 Å². The second kappa shape index (κ2) is 7.63. The van der Waals surface area contributed by atoms with E-state index in [1.807, 2.05) is 0 Å². The summed E-state index contributed by atoms with van der Waals surface area (Å²) in [5.74, 6) is -0.497. The molecule has 1 aliphatic rings. The number of carbonyl (C=O) groups is 1. The maximum Gasteiger partial charge on any atom is 0.235 e. The van der Waals surface area contributed by atoms with E-state index in [9.17, 15) is 17.6 Å². The summed E-state index contributed by atoms with van der Waals surface area (Å²) in [6.07, 6.45) is 0.977. The van der Waals surface area contributed by atoms with Crippen LogP contribution in [0.1, 0.15) is 18.4 Å². The minimum Gasteiger partial charge on any atom is -0.326 e. The van der Waals surface area contributed by atoms with Gasteiger partial charge in [-0.2, -0.15) is 0 Å². The molecule has 138 valence electrons. The highest BCUT2D eigenvalue weighted by Gasteiger charge is 2.29. The average Bonchev–Trinajstić information content (AvgIpc) is 2.93. The molecule has 1 aliphatic heterocycles. The lowest BCUT2D eigenvalue weighted by molar-refractivity contribution is -0.116. The van der Waals surface area contributed by atoms with E-state index in [1.165, 1.54) is 16.4 Å². The van der Waals surface area contributed by atoms with Gasteiger partial charge in [0.1, 0.15) is 5.82 Å². The molecule has 3 rings (SSSR count). The predicted molar refractivity (Wildman–Crippen MR) is 101 cm³/mol. The van der Waals surface area contributed by atoms with Gasteiger partial charge in [0, 0.05) is 18.7 Å². The lowest BCUT2D eigenvalue weighted by Crippen LogP contribution is -2.25. The van der Waals surface area contributed by atoms with Crippen LogP contribution in [0.15, 0.2) is 42.5 Å². The quantitative estimate of drug-likeness (QED) is 0.839. The van der Waals surface area contributed by atoms with Crippen LogP contribution in [0.2, 0.25) is 5.02 Å². The molecule has 1 heterocycles. The maximum atomic E-state index is 13.6. The fourth-order valence-corrected chi connectivity index (χ4v) is 4.78. The van der Waals surface area contributed by atoms with Gasteiger partial charge in [-0.1, -0.05) is 29.8 Å². The molecule has 0 bridgehead atoms. The number of anilines is 2. The lowest BCUT2D eigenvalue weighted by atomic mass is 10.1. The summed E-state index contributed by atoms with van der Waals surface area (Å²) in [4.78, 5) is 12.1. The predicted octanol–water partition coefficient (Wildman–Crippen LogP) is 3.59. The van der Waals surface area contributed by atoms with Gasteiger partial charge in [-0.25, -0.2) is 12.8 Å². The standard InChI is InChI=1S/C18H18ClFN2O3S/c19-15-12-14(7-8-17(15)22-10-3-11-26(22,24)25)21-18(23)9-6-13-4-1-2-5-16(13)20/h1-2,4-5,7-8,12H,3,6,9-11H2,(H,21,23). The third-order valence-corrected chi connectivity index (χ3v) is 6.34. The fourth-order valence-electron chi connectivity index (χ4n) is 2.87. The van der Waals surface area contributed by atoms with Crippen LogP contribution in [0.25, 0.3) is 0 Å². The number of benzene rings is 2. The van der Waals surface area contributed by atoms with Crippen LogP contribution in [-0.4, -0.2) is 26.6 Å². The molecule has 0 radical (unpaired) electrons. The van der Waals surface area contributed by atoms with E-state index in [1.54, 1.807) is 30.3 Å². The maximum absolute atomic E-state index is 13.6. The Kier molecular flexibility index (Phi) is 5.48. The Bertz CT molecular complexity index is 934. The number of sulfonamides is 1. The van der Waals surface area contributed by atoms with Gasteiger partial charge in [-0.3, -0.25) is 9.10 Å². The third-order valence-electron chi connectivity index (χ3n) is 4.18. The molecule has 8 heteroatoms. The van der Waals surface area contributed by atoms with Crippen LogP contribution < -0.4 is 9.62 Å². The van der Waals surface area contributed by atoms with Crippen LogP contribution >= 0.6 is 11.6 Å². The Morgan fingerprint density at radius 2 is 2.00 bits per heavy atom. The topological polar surface area (TPSA) is 66.5 Å². The first-order chi connectivity index (χ1) is 12.4. The van der Waals surface area contributed by atoms with Crippen molar-refractivity contribution in [1.29, 1.82) is 0 Å². The summed E-state index contributed by atoms with van der Waals surface area (Å²) in [6.45, 7) is 0.399. The van der Waals surface area contributed by atoms with E-state index >= 15 is 0 Å². The fraction of sp³-hybridized carbons (Fsp3) is 0.278. The SMILES string of the molecule is O=C(CCc1ccccc1F)Nc1ccc(N2CCCS2(=O)=O)c(Cl)c1. The van der Waals surface area contributed by atoms with Crippen molar-refractivity contribution in [3.8, 4) is 0 Å². The van der Waals surface area contributed by atoms with Crippen LogP contribution in [-0.2, 0) is 21.2 Å². The third kappa shape index (κ3) is 4.16. The largest absolute Gasteiger partial charge is 0.326 e. The molecule has 1 fully saturated rings. The molecule has 0 spiro atoms. The van der Waals surface area contributed by atoms with E-state index < -0.39 is 10.0 Å². The number of amides is 1. The highest BCUT2D eigenvalue weighted by Crippen LogP contribution is 2.33. The minimum absolute atomic E-state index is 0.109. The number of hydrogen-bond acceptors (Lipinski definition) is 3. The van der Waals surface area contributed by atoms with Crippen molar-refractivity contribution < 1.29 is 17.6 Å². The Morgan fingerprint density at radius 3 is 2.65 bits per heavy atom. The zero-order chi connectivity index (χ0) is 18.7. The number of halogens is 2. The lowest BCUT2D eigenvalue weighted by Gasteiger charge is -2.19. The van der Waals surface area contributed by atoms with Gasteiger partial charge >= 0.3 is 0 Å². The molecule has 1 amide bonds. The summed E-state index contributed by atoms with van der Waals surface area (Å²) in [5.41, 5.74) is 1.36. The number of carbonyl (C=O) groups excluding carboxylic acids is 1. The Balaban J connectivity index is 1.64. The van der Waals surface area contributed by atoms with Crippen molar-refractivity contribution in [2.75, 3.05) is 21.9 Å². The number of aryl methyl sites for hydroxylation is 1. The highest BCUT2D eigenvalue weighted by atomic mass is 35.5. The normalized spacial score (nSPS) is 15.8. The van der Waals surface area contributed by atoms with Gasteiger partial charge in [0.05, 0.1) is 16.5 Å². The molecule has 1 saturated heterocycles. The van der Waals surface area contributed by atoms with Gasteiger partial charge in [-0.05, 0) is 42.7 Å². The number of rotatable bonds is 5. The molecule has 0 aliphatic carbocycles. The molecule has 5 nitrogen and oxygen atoms in total.